The fourth-order valence-corrected chi connectivity index (χ4v) is 3.28. The number of rotatable bonds is 4. The highest BCUT2D eigenvalue weighted by Crippen LogP contribution is 2.27. The van der Waals surface area contributed by atoms with Crippen molar-refractivity contribution < 1.29 is 0 Å². The zero-order chi connectivity index (χ0) is 11.4. The lowest BCUT2D eigenvalue weighted by atomic mass is 9.95. The Labute approximate surface area is 101 Å². The Kier molecular flexibility index (Phi) is 4.23. The van der Waals surface area contributed by atoms with Gasteiger partial charge in [-0.3, -0.25) is 4.68 Å². The van der Waals surface area contributed by atoms with Gasteiger partial charge in [-0.25, -0.2) is 0 Å². The molecular formula is C11H20N4S. The molecule has 1 saturated carbocycles. The van der Waals surface area contributed by atoms with E-state index in [1.165, 1.54) is 25.7 Å². The summed E-state index contributed by atoms with van der Waals surface area (Å²) < 4.78 is 1.84. The van der Waals surface area contributed by atoms with Gasteiger partial charge >= 0.3 is 0 Å². The Morgan fingerprint density at radius 1 is 1.50 bits per heavy atom. The van der Waals surface area contributed by atoms with Gasteiger partial charge in [0.1, 0.15) is 0 Å². The quantitative estimate of drug-likeness (QED) is 0.867. The lowest BCUT2D eigenvalue weighted by Crippen LogP contribution is -2.40. The Morgan fingerprint density at radius 3 is 3.00 bits per heavy atom. The minimum absolute atomic E-state index is 0.652. The van der Waals surface area contributed by atoms with Crippen molar-refractivity contribution in [1.29, 1.82) is 0 Å². The van der Waals surface area contributed by atoms with Crippen LogP contribution in [0, 0.1) is 0 Å². The van der Waals surface area contributed by atoms with Crippen LogP contribution < -0.4 is 5.32 Å². The molecule has 1 aromatic heterocycles. The van der Waals surface area contributed by atoms with Crippen LogP contribution in [0.15, 0.2) is 6.20 Å². The minimum Gasteiger partial charge on any atom is -0.307 e. The van der Waals surface area contributed by atoms with Gasteiger partial charge in [0.05, 0.1) is 11.9 Å². The van der Waals surface area contributed by atoms with Crippen LogP contribution in [-0.2, 0) is 13.6 Å². The Balaban J connectivity index is 1.86. The average molecular weight is 240 g/mol. The van der Waals surface area contributed by atoms with E-state index in [1.807, 2.05) is 29.7 Å². The lowest BCUT2D eigenvalue weighted by Gasteiger charge is -2.31. The molecule has 1 aromatic rings. The fraction of sp³-hybridized carbons (Fsp3) is 0.818. The highest BCUT2D eigenvalue weighted by Gasteiger charge is 2.23. The van der Waals surface area contributed by atoms with E-state index in [0.717, 1.165) is 17.5 Å². The summed E-state index contributed by atoms with van der Waals surface area (Å²) in [4.78, 5) is 0. The van der Waals surface area contributed by atoms with E-state index in [1.54, 1.807) is 0 Å². The van der Waals surface area contributed by atoms with Gasteiger partial charge in [0.15, 0.2) is 0 Å². The average Bonchev–Trinajstić information content (AvgIpc) is 2.72. The molecule has 90 valence electrons. The summed E-state index contributed by atoms with van der Waals surface area (Å²) in [5.74, 6) is 0. The van der Waals surface area contributed by atoms with Crippen molar-refractivity contribution in [3.8, 4) is 0 Å². The molecule has 0 bridgehead atoms. The molecule has 0 aromatic carbocycles. The predicted molar refractivity (Wildman–Crippen MR) is 67.4 cm³/mol. The number of aromatic nitrogens is 3. The minimum atomic E-state index is 0.652. The molecule has 2 rings (SSSR count). The summed E-state index contributed by atoms with van der Waals surface area (Å²) in [5.41, 5.74) is 1.16. The molecule has 0 radical (unpaired) electrons. The number of hydrogen-bond acceptors (Lipinski definition) is 4. The molecular weight excluding hydrogens is 220 g/mol. The first-order valence-electron chi connectivity index (χ1n) is 5.91. The Morgan fingerprint density at radius 2 is 2.31 bits per heavy atom. The number of hydrogen-bond donors (Lipinski definition) is 1. The number of nitrogens with one attached hydrogen (secondary N) is 1. The van der Waals surface area contributed by atoms with E-state index in [4.69, 9.17) is 0 Å². The molecule has 1 N–H and O–H groups in total. The molecule has 0 amide bonds. The molecule has 5 heteroatoms. The molecule has 4 nitrogen and oxygen atoms in total. The molecule has 1 fully saturated rings. The summed E-state index contributed by atoms with van der Waals surface area (Å²) in [6.45, 7) is 0.880. The van der Waals surface area contributed by atoms with Crippen molar-refractivity contribution in [1.82, 2.24) is 20.3 Å². The molecule has 0 saturated heterocycles. The molecule has 16 heavy (non-hydrogen) atoms. The summed E-state index contributed by atoms with van der Waals surface area (Å²) >= 11 is 1.99. The molecule has 1 aliphatic carbocycles. The monoisotopic (exact) mass is 240 g/mol. The molecule has 0 aliphatic heterocycles. The van der Waals surface area contributed by atoms with Crippen molar-refractivity contribution in [3.05, 3.63) is 11.9 Å². The zero-order valence-electron chi connectivity index (χ0n) is 10.0. The molecule has 0 spiro atoms. The summed E-state index contributed by atoms with van der Waals surface area (Å²) in [5, 5.41) is 12.3. The Hall–Kier alpha value is -0.550. The standard InChI is InChI=1S/C11H20N4S/c1-15-9(8-13-14-15)7-12-10-5-3-4-6-11(10)16-2/h8,10-12H,3-7H2,1-2H3. The van der Waals surface area contributed by atoms with E-state index < -0.39 is 0 Å². The van der Waals surface area contributed by atoms with Gasteiger partial charge in [0.2, 0.25) is 0 Å². The first-order chi connectivity index (χ1) is 7.81. The van der Waals surface area contributed by atoms with Crippen LogP contribution in [-0.4, -0.2) is 32.5 Å². The van der Waals surface area contributed by atoms with Crippen molar-refractivity contribution >= 4 is 11.8 Å². The maximum atomic E-state index is 3.94. The number of aryl methyl sites for hydroxylation is 1. The predicted octanol–water partition coefficient (Wildman–Crippen LogP) is 1.58. The molecule has 2 atom stereocenters. The van der Waals surface area contributed by atoms with E-state index >= 15 is 0 Å². The second kappa shape index (κ2) is 5.68. The zero-order valence-corrected chi connectivity index (χ0v) is 10.8. The van der Waals surface area contributed by atoms with Gasteiger partial charge in [-0.2, -0.15) is 11.8 Å². The van der Waals surface area contributed by atoms with E-state index in [2.05, 4.69) is 21.9 Å². The molecule has 1 heterocycles. The van der Waals surface area contributed by atoms with Gasteiger partial charge in [0, 0.05) is 24.9 Å². The number of thioether (sulfide) groups is 1. The molecule has 2 unspecified atom stereocenters. The van der Waals surface area contributed by atoms with E-state index in [0.29, 0.717) is 6.04 Å². The number of nitrogens with zero attached hydrogens (tertiary/aromatic N) is 3. The Bertz CT molecular complexity index is 326. The SMILES string of the molecule is CSC1CCCCC1NCc1cnnn1C. The van der Waals surface area contributed by atoms with Crippen molar-refractivity contribution in [2.75, 3.05) is 6.26 Å². The smallest absolute Gasteiger partial charge is 0.0738 e. The van der Waals surface area contributed by atoms with Crippen molar-refractivity contribution in [3.63, 3.8) is 0 Å². The second-order valence-electron chi connectivity index (χ2n) is 4.39. The van der Waals surface area contributed by atoms with E-state index in [-0.39, 0.29) is 0 Å². The van der Waals surface area contributed by atoms with Crippen LogP contribution in [0.2, 0.25) is 0 Å². The van der Waals surface area contributed by atoms with Crippen LogP contribution in [0.5, 0.6) is 0 Å². The van der Waals surface area contributed by atoms with Gasteiger partial charge < -0.3 is 5.32 Å². The summed E-state index contributed by atoms with van der Waals surface area (Å²) in [7, 11) is 1.94. The maximum absolute atomic E-state index is 3.94. The van der Waals surface area contributed by atoms with Crippen LogP contribution in [0.3, 0.4) is 0 Å². The summed E-state index contributed by atoms with van der Waals surface area (Å²) in [6, 6.07) is 0.652. The largest absolute Gasteiger partial charge is 0.307 e. The van der Waals surface area contributed by atoms with Crippen LogP contribution in [0.4, 0.5) is 0 Å². The first kappa shape index (κ1) is 11.9. The third kappa shape index (κ3) is 2.77. The third-order valence-corrected chi connectivity index (χ3v) is 4.53. The molecule has 1 aliphatic rings. The second-order valence-corrected chi connectivity index (χ2v) is 5.47. The lowest BCUT2D eigenvalue weighted by molar-refractivity contribution is 0.379. The normalized spacial score (nSPS) is 25.9. The third-order valence-electron chi connectivity index (χ3n) is 3.36. The van der Waals surface area contributed by atoms with Gasteiger partial charge in [-0.05, 0) is 19.1 Å². The van der Waals surface area contributed by atoms with Gasteiger partial charge in [-0.1, -0.05) is 18.1 Å². The van der Waals surface area contributed by atoms with Crippen molar-refractivity contribution in [2.24, 2.45) is 7.05 Å². The van der Waals surface area contributed by atoms with Crippen molar-refractivity contribution in [2.45, 2.75) is 43.5 Å². The highest BCUT2D eigenvalue weighted by atomic mass is 32.2. The first-order valence-corrected chi connectivity index (χ1v) is 7.20. The van der Waals surface area contributed by atoms with Gasteiger partial charge in [0.25, 0.3) is 0 Å². The van der Waals surface area contributed by atoms with Crippen LogP contribution in [0.1, 0.15) is 31.4 Å². The van der Waals surface area contributed by atoms with Crippen LogP contribution in [0.25, 0.3) is 0 Å². The van der Waals surface area contributed by atoms with Gasteiger partial charge in [-0.15, -0.1) is 5.10 Å². The van der Waals surface area contributed by atoms with E-state index in [9.17, 15) is 0 Å². The highest BCUT2D eigenvalue weighted by molar-refractivity contribution is 7.99. The van der Waals surface area contributed by atoms with Crippen LogP contribution >= 0.6 is 11.8 Å². The topological polar surface area (TPSA) is 42.7 Å². The fourth-order valence-electron chi connectivity index (χ4n) is 2.32. The maximum Gasteiger partial charge on any atom is 0.0738 e. The summed E-state index contributed by atoms with van der Waals surface area (Å²) in [6.07, 6.45) is 9.45.